The zero-order chi connectivity index (χ0) is 20.4. The number of benzene rings is 1. The number of aryl methyl sites for hydroxylation is 1. The number of aromatic nitrogens is 1. The van der Waals surface area contributed by atoms with E-state index in [2.05, 4.69) is 20.6 Å². The van der Waals surface area contributed by atoms with Gasteiger partial charge in [0.15, 0.2) is 5.96 Å². The third kappa shape index (κ3) is 7.01. The van der Waals surface area contributed by atoms with Crippen molar-refractivity contribution in [3.05, 3.63) is 45.4 Å². The van der Waals surface area contributed by atoms with Crippen molar-refractivity contribution in [1.82, 2.24) is 20.5 Å². The fourth-order valence-corrected chi connectivity index (χ4v) is 3.18. The largest absolute Gasteiger partial charge is 0.492 e. The zero-order valence-electron chi connectivity index (χ0n) is 16.4. The van der Waals surface area contributed by atoms with Gasteiger partial charge in [-0.15, -0.1) is 11.3 Å². The highest BCUT2D eigenvalue weighted by Gasteiger charge is 2.11. The highest BCUT2D eigenvalue weighted by atomic mass is 35.5. The Morgan fingerprint density at radius 3 is 2.71 bits per heavy atom. The Morgan fingerprint density at radius 1 is 1.32 bits per heavy atom. The van der Waals surface area contributed by atoms with Crippen LogP contribution in [0.3, 0.4) is 0 Å². The maximum absolute atomic E-state index is 12.1. The first-order valence-electron chi connectivity index (χ1n) is 9.07. The number of halogens is 1. The van der Waals surface area contributed by atoms with Gasteiger partial charge >= 0.3 is 0 Å². The van der Waals surface area contributed by atoms with Gasteiger partial charge in [0.1, 0.15) is 17.2 Å². The molecule has 7 nitrogen and oxygen atoms in total. The topological polar surface area (TPSA) is 78.8 Å². The maximum Gasteiger partial charge on any atom is 0.263 e. The van der Waals surface area contributed by atoms with Crippen LogP contribution >= 0.6 is 22.9 Å². The lowest BCUT2D eigenvalue weighted by atomic mass is 10.3. The fourth-order valence-electron chi connectivity index (χ4n) is 2.34. The van der Waals surface area contributed by atoms with E-state index in [0.29, 0.717) is 36.1 Å². The van der Waals surface area contributed by atoms with Gasteiger partial charge in [-0.3, -0.25) is 9.79 Å². The quantitative estimate of drug-likeness (QED) is 0.368. The second-order valence-electron chi connectivity index (χ2n) is 5.98. The summed E-state index contributed by atoms with van der Waals surface area (Å²) in [7, 11) is 1.95. The highest BCUT2D eigenvalue weighted by molar-refractivity contribution is 7.11. The number of thiazole rings is 1. The molecular formula is C19H26ClN5O2S. The average Bonchev–Trinajstić information content (AvgIpc) is 3.11. The summed E-state index contributed by atoms with van der Waals surface area (Å²) >= 11 is 7.21. The van der Waals surface area contributed by atoms with Gasteiger partial charge in [-0.2, -0.15) is 0 Å². The molecule has 0 saturated carbocycles. The van der Waals surface area contributed by atoms with E-state index in [9.17, 15) is 4.79 Å². The molecule has 1 amide bonds. The van der Waals surface area contributed by atoms with Crippen LogP contribution in [0.4, 0.5) is 0 Å². The van der Waals surface area contributed by atoms with Crippen LogP contribution in [0.15, 0.2) is 34.8 Å². The van der Waals surface area contributed by atoms with Crippen LogP contribution in [-0.2, 0) is 0 Å². The van der Waals surface area contributed by atoms with Crippen molar-refractivity contribution >= 4 is 34.8 Å². The molecule has 0 bridgehead atoms. The molecule has 1 aromatic carbocycles. The van der Waals surface area contributed by atoms with E-state index in [0.717, 1.165) is 23.9 Å². The number of carbonyl (C=O) groups excluding carboxylic acids is 1. The summed E-state index contributed by atoms with van der Waals surface area (Å²) in [6.45, 7) is 6.72. The van der Waals surface area contributed by atoms with Gasteiger partial charge in [-0.25, -0.2) is 4.98 Å². The molecule has 2 aromatic rings. The number of aliphatic imine (C=N–C) groups is 1. The molecule has 28 heavy (non-hydrogen) atoms. The fraction of sp³-hybridized carbons (Fsp3) is 0.421. The number of nitrogens with zero attached hydrogens (tertiary/aromatic N) is 3. The number of rotatable bonds is 9. The Morgan fingerprint density at radius 2 is 2.07 bits per heavy atom. The molecule has 0 spiro atoms. The molecule has 0 unspecified atom stereocenters. The van der Waals surface area contributed by atoms with Crippen LogP contribution in [0.25, 0.3) is 0 Å². The molecule has 0 aliphatic heterocycles. The van der Waals surface area contributed by atoms with Crippen LogP contribution < -0.4 is 15.4 Å². The van der Waals surface area contributed by atoms with Crippen molar-refractivity contribution in [2.24, 2.45) is 4.99 Å². The van der Waals surface area contributed by atoms with Crippen molar-refractivity contribution in [1.29, 1.82) is 0 Å². The van der Waals surface area contributed by atoms with E-state index in [1.165, 1.54) is 11.3 Å². The molecule has 0 aliphatic carbocycles. The number of nitrogens with one attached hydrogen (secondary N) is 2. The standard InChI is InChI=1S/C19H26ClN5O2S/c1-4-21-19(23-10-9-22-18(26)17-14(2)24-13-28-17)25(3)11-12-27-16-7-5-15(20)6-8-16/h5-8,13H,4,9-12H2,1-3H3,(H,21,23)(H,22,26). The monoisotopic (exact) mass is 423 g/mol. The minimum Gasteiger partial charge on any atom is -0.492 e. The summed E-state index contributed by atoms with van der Waals surface area (Å²) in [6.07, 6.45) is 0. The molecular weight excluding hydrogens is 398 g/mol. The lowest BCUT2D eigenvalue weighted by Gasteiger charge is -2.22. The first-order chi connectivity index (χ1) is 13.5. The first kappa shape index (κ1) is 22.0. The van der Waals surface area contributed by atoms with Gasteiger partial charge in [0.05, 0.1) is 24.3 Å². The summed E-state index contributed by atoms with van der Waals surface area (Å²) < 4.78 is 5.72. The molecule has 0 fully saturated rings. The van der Waals surface area contributed by atoms with Crippen LogP contribution in [0, 0.1) is 6.92 Å². The summed E-state index contributed by atoms with van der Waals surface area (Å²) in [5.74, 6) is 1.44. The summed E-state index contributed by atoms with van der Waals surface area (Å²) in [6, 6.07) is 7.28. The molecule has 0 radical (unpaired) electrons. The van der Waals surface area contributed by atoms with Gasteiger partial charge in [0.25, 0.3) is 5.91 Å². The predicted octanol–water partition coefficient (Wildman–Crippen LogP) is 2.81. The predicted molar refractivity (Wildman–Crippen MR) is 115 cm³/mol. The molecule has 2 rings (SSSR count). The zero-order valence-corrected chi connectivity index (χ0v) is 17.9. The van der Waals surface area contributed by atoms with Gasteiger partial charge < -0.3 is 20.3 Å². The van der Waals surface area contributed by atoms with E-state index in [-0.39, 0.29) is 5.91 Å². The van der Waals surface area contributed by atoms with Crippen molar-refractivity contribution in [3.63, 3.8) is 0 Å². The van der Waals surface area contributed by atoms with Gasteiger partial charge in [-0.1, -0.05) is 11.6 Å². The molecule has 9 heteroatoms. The summed E-state index contributed by atoms with van der Waals surface area (Å²) in [4.78, 5) is 23.4. The second kappa shape index (κ2) is 11.5. The Kier molecular flexibility index (Phi) is 9.03. The van der Waals surface area contributed by atoms with E-state index in [4.69, 9.17) is 16.3 Å². The number of carbonyl (C=O) groups is 1. The van der Waals surface area contributed by atoms with Crippen molar-refractivity contribution in [3.8, 4) is 5.75 Å². The number of ether oxygens (including phenoxy) is 1. The first-order valence-corrected chi connectivity index (χ1v) is 10.3. The van der Waals surface area contributed by atoms with Crippen LogP contribution in [0.5, 0.6) is 5.75 Å². The maximum atomic E-state index is 12.1. The number of guanidine groups is 1. The Hall–Kier alpha value is -2.32. The van der Waals surface area contributed by atoms with E-state index in [1.807, 2.05) is 37.9 Å². The number of likely N-dealkylation sites (N-methyl/N-ethyl adjacent to an activating group) is 1. The molecule has 2 N–H and O–H groups in total. The normalized spacial score (nSPS) is 11.2. The lowest BCUT2D eigenvalue weighted by Crippen LogP contribution is -2.41. The van der Waals surface area contributed by atoms with Crippen LogP contribution in [0.2, 0.25) is 5.02 Å². The number of hydrogen-bond acceptors (Lipinski definition) is 5. The highest BCUT2D eigenvalue weighted by Crippen LogP contribution is 2.15. The van der Waals surface area contributed by atoms with Crippen LogP contribution in [-0.4, -0.2) is 61.6 Å². The van der Waals surface area contributed by atoms with Crippen molar-refractivity contribution in [2.75, 3.05) is 39.8 Å². The minimum absolute atomic E-state index is 0.107. The third-order valence-electron chi connectivity index (χ3n) is 3.82. The second-order valence-corrected chi connectivity index (χ2v) is 7.27. The van der Waals surface area contributed by atoms with Crippen LogP contribution in [0.1, 0.15) is 22.3 Å². The molecule has 0 saturated heterocycles. The Bertz CT molecular complexity index is 779. The minimum atomic E-state index is -0.107. The smallest absolute Gasteiger partial charge is 0.263 e. The molecule has 1 heterocycles. The molecule has 1 aromatic heterocycles. The van der Waals surface area contributed by atoms with E-state index in [1.54, 1.807) is 17.6 Å². The summed E-state index contributed by atoms with van der Waals surface area (Å²) in [5, 5.41) is 6.80. The number of hydrogen-bond donors (Lipinski definition) is 2. The number of amides is 1. The van der Waals surface area contributed by atoms with Gasteiger partial charge in [-0.05, 0) is 38.1 Å². The summed E-state index contributed by atoms with van der Waals surface area (Å²) in [5.41, 5.74) is 2.42. The third-order valence-corrected chi connectivity index (χ3v) is 5.00. The Balaban J connectivity index is 1.77. The van der Waals surface area contributed by atoms with Gasteiger partial charge in [0.2, 0.25) is 0 Å². The van der Waals surface area contributed by atoms with Crippen molar-refractivity contribution < 1.29 is 9.53 Å². The molecule has 0 aliphatic rings. The molecule has 0 atom stereocenters. The Labute approximate surface area is 174 Å². The lowest BCUT2D eigenvalue weighted by molar-refractivity contribution is 0.0958. The average molecular weight is 424 g/mol. The van der Waals surface area contributed by atoms with E-state index < -0.39 is 0 Å². The SMILES string of the molecule is CCNC(=NCCNC(=O)c1scnc1C)N(C)CCOc1ccc(Cl)cc1. The van der Waals surface area contributed by atoms with Gasteiger partial charge in [0, 0.05) is 25.2 Å². The molecule has 152 valence electrons. The van der Waals surface area contributed by atoms with Crippen molar-refractivity contribution in [2.45, 2.75) is 13.8 Å². The van der Waals surface area contributed by atoms with E-state index >= 15 is 0 Å².